The van der Waals surface area contributed by atoms with Crippen LogP contribution in [0.5, 0.6) is 5.75 Å². The van der Waals surface area contributed by atoms with Crippen molar-refractivity contribution >= 4 is 23.0 Å². The van der Waals surface area contributed by atoms with Crippen molar-refractivity contribution in [2.45, 2.75) is 18.8 Å². The molecule has 0 fully saturated rings. The quantitative estimate of drug-likeness (QED) is 0.591. The van der Waals surface area contributed by atoms with Gasteiger partial charge < -0.3 is 5.11 Å². The fourth-order valence-electron chi connectivity index (χ4n) is 3.29. The molecule has 28 heavy (non-hydrogen) atoms. The molecule has 0 unspecified atom stereocenters. The maximum absolute atomic E-state index is 11.7. The number of phenols is 1. The molecule has 0 aromatic heterocycles. The summed E-state index contributed by atoms with van der Waals surface area (Å²) in [6.45, 7) is 0. The molecule has 0 aliphatic carbocycles. The van der Waals surface area contributed by atoms with E-state index in [0.29, 0.717) is 24.0 Å². The molecule has 0 spiro atoms. The van der Waals surface area contributed by atoms with Crippen molar-refractivity contribution in [3.05, 3.63) is 102 Å². The van der Waals surface area contributed by atoms with Gasteiger partial charge in [0.2, 0.25) is 0 Å². The maximum atomic E-state index is 11.7. The van der Waals surface area contributed by atoms with E-state index < -0.39 is 0 Å². The van der Waals surface area contributed by atoms with Gasteiger partial charge in [-0.15, -0.1) is 0 Å². The van der Waals surface area contributed by atoms with E-state index in [1.807, 2.05) is 66.7 Å². The zero-order chi connectivity index (χ0) is 19.8. The first-order chi connectivity index (χ1) is 13.7. The predicted molar refractivity (Wildman–Crippen MR) is 111 cm³/mol. The summed E-state index contributed by atoms with van der Waals surface area (Å²) >= 11 is 0. The van der Waals surface area contributed by atoms with Crippen LogP contribution in [0.3, 0.4) is 0 Å². The number of aromatic hydroxyl groups is 1. The van der Waals surface area contributed by atoms with E-state index in [0.717, 1.165) is 16.7 Å². The molecule has 138 valence electrons. The monoisotopic (exact) mass is 368 g/mol. The summed E-state index contributed by atoms with van der Waals surface area (Å²) < 4.78 is 0. The van der Waals surface area contributed by atoms with E-state index >= 15 is 0 Å². The summed E-state index contributed by atoms with van der Waals surface area (Å²) in [6.07, 6.45) is 0.796. The highest BCUT2D eigenvalue weighted by Crippen LogP contribution is 2.35. The lowest BCUT2D eigenvalue weighted by atomic mass is 9.84. The highest BCUT2D eigenvalue weighted by Gasteiger charge is 2.19. The standard InChI is InChI=1S/C25H20O3/c26-17-23(19-8-3-1-4-9-19)14-22(21-12-7-13-25(28)16-21)15-24(18-27)20-10-5-2-6-11-20/h1-13,16,22,28H,14-15H2. The van der Waals surface area contributed by atoms with Crippen molar-refractivity contribution < 1.29 is 14.7 Å². The van der Waals surface area contributed by atoms with E-state index in [-0.39, 0.29) is 11.7 Å². The molecule has 0 aliphatic rings. The van der Waals surface area contributed by atoms with E-state index in [9.17, 15) is 14.7 Å². The molecule has 0 radical (unpaired) electrons. The van der Waals surface area contributed by atoms with Crippen LogP contribution in [0.4, 0.5) is 0 Å². The first-order valence-electron chi connectivity index (χ1n) is 9.09. The van der Waals surface area contributed by atoms with Gasteiger partial charge in [-0.1, -0.05) is 72.8 Å². The number of carbonyl (C=O) groups excluding carboxylic acids is 2. The lowest BCUT2D eigenvalue weighted by molar-refractivity contribution is 0.473. The molecule has 3 nitrogen and oxygen atoms in total. The topological polar surface area (TPSA) is 54.4 Å². The zero-order valence-electron chi connectivity index (χ0n) is 15.3. The molecule has 0 heterocycles. The third-order valence-corrected chi connectivity index (χ3v) is 4.73. The van der Waals surface area contributed by atoms with Crippen molar-refractivity contribution in [1.29, 1.82) is 0 Å². The van der Waals surface area contributed by atoms with Gasteiger partial charge in [0.1, 0.15) is 17.6 Å². The van der Waals surface area contributed by atoms with Crippen LogP contribution in [0.2, 0.25) is 0 Å². The zero-order valence-corrected chi connectivity index (χ0v) is 15.3. The molecule has 3 rings (SSSR count). The van der Waals surface area contributed by atoms with Crippen LogP contribution < -0.4 is 0 Å². The van der Waals surface area contributed by atoms with Gasteiger partial charge in [-0.25, -0.2) is 9.59 Å². The molecule has 3 aromatic rings. The molecule has 0 atom stereocenters. The van der Waals surface area contributed by atoms with E-state index in [1.165, 1.54) is 0 Å². The van der Waals surface area contributed by atoms with Gasteiger partial charge in [0.05, 0.1) is 0 Å². The Balaban J connectivity index is 1.96. The van der Waals surface area contributed by atoms with Crippen LogP contribution in [0.15, 0.2) is 84.9 Å². The minimum atomic E-state index is -0.180. The van der Waals surface area contributed by atoms with Crippen molar-refractivity contribution in [1.82, 2.24) is 0 Å². The first-order valence-corrected chi connectivity index (χ1v) is 9.09. The van der Waals surface area contributed by atoms with Gasteiger partial charge >= 0.3 is 0 Å². The number of phenolic OH excluding ortho intramolecular Hbond substituents is 1. The minimum Gasteiger partial charge on any atom is -0.508 e. The summed E-state index contributed by atoms with van der Waals surface area (Å²) in [7, 11) is 0. The second-order valence-corrected chi connectivity index (χ2v) is 6.59. The third-order valence-electron chi connectivity index (χ3n) is 4.73. The van der Waals surface area contributed by atoms with Gasteiger partial charge in [0, 0.05) is 11.1 Å². The van der Waals surface area contributed by atoms with Crippen LogP contribution in [0.25, 0.3) is 11.1 Å². The summed E-state index contributed by atoms with van der Waals surface area (Å²) in [5.41, 5.74) is 3.53. The normalized spacial score (nSPS) is 11.1. The van der Waals surface area contributed by atoms with Gasteiger partial charge in [-0.3, -0.25) is 0 Å². The second-order valence-electron chi connectivity index (χ2n) is 6.59. The second kappa shape index (κ2) is 9.34. The predicted octanol–water partition coefficient (Wildman–Crippen LogP) is 5.09. The Kier molecular flexibility index (Phi) is 6.38. The van der Waals surface area contributed by atoms with E-state index in [4.69, 9.17) is 0 Å². The summed E-state index contributed by atoms with van der Waals surface area (Å²) in [4.78, 5) is 23.3. The molecule has 3 heteroatoms. The van der Waals surface area contributed by atoms with Crippen LogP contribution in [-0.2, 0) is 9.59 Å². The average molecular weight is 368 g/mol. The smallest absolute Gasteiger partial charge is 0.128 e. The van der Waals surface area contributed by atoms with Crippen LogP contribution >= 0.6 is 0 Å². The Labute approximate surface area is 164 Å². The largest absolute Gasteiger partial charge is 0.508 e. The lowest BCUT2D eigenvalue weighted by Crippen LogP contribution is -2.03. The molecular weight excluding hydrogens is 348 g/mol. The van der Waals surface area contributed by atoms with Gasteiger partial charge in [0.15, 0.2) is 0 Å². The highest BCUT2D eigenvalue weighted by atomic mass is 16.3. The average Bonchev–Trinajstić information content (AvgIpc) is 2.75. The molecule has 0 saturated heterocycles. The Hall–Kier alpha value is -3.64. The lowest BCUT2D eigenvalue weighted by Gasteiger charge is -2.19. The van der Waals surface area contributed by atoms with Crippen molar-refractivity contribution in [2.75, 3.05) is 0 Å². The number of benzene rings is 3. The maximum Gasteiger partial charge on any atom is 0.128 e. The fourth-order valence-corrected chi connectivity index (χ4v) is 3.29. The first kappa shape index (κ1) is 19.1. The summed E-state index contributed by atoms with van der Waals surface area (Å²) in [6, 6.07) is 25.7. The molecule has 0 amide bonds. The molecule has 1 N–H and O–H groups in total. The van der Waals surface area contributed by atoms with Crippen LogP contribution in [-0.4, -0.2) is 17.0 Å². The number of rotatable bonds is 7. The SMILES string of the molecule is O=C=C(CC(CC(=C=O)c1ccccc1)c1cccc(O)c1)c1ccccc1. The minimum absolute atomic E-state index is 0.148. The Morgan fingerprint density at radius 3 is 1.64 bits per heavy atom. The molecule has 3 aromatic carbocycles. The number of allylic oxidation sites excluding steroid dienone is 2. The summed E-state index contributed by atoms with van der Waals surface area (Å²) in [5.74, 6) is 4.09. The summed E-state index contributed by atoms with van der Waals surface area (Å²) in [5, 5.41) is 9.91. The van der Waals surface area contributed by atoms with Gasteiger partial charge in [-0.05, 0) is 47.6 Å². The van der Waals surface area contributed by atoms with Gasteiger partial charge in [-0.2, -0.15) is 0 Å². The van der Waals surface area contributed by atoms with Gasteiger partial charge in [0.25, 0.3) is 0 Å². The Morgan fingerprint density at radius 2 is 1.21 bits per heavy atom. The number of hydrogen-bond acceptors (Lipinski definition) is 3. The number of hydrogen-bond donors (Lipinski definition) is 1. The van der Waals surface area contributed by atoms with Crippen molar-refractivity contribution in [2.24, 2.45) is 0 Å². The van der Waals surface area contributed by atoms with E-state index in [1.54, 1.807) is 18.2 Å². The molecular formula is C25H20O3. The highest BCUT2D eigenvalue weighted by molar-refractivity contribution is 5.90. The van der Waals surface area contributed by atoms with Crippen molar-refractivity contribution in [3.63, 3.8) is 0 Å². The third kappa shape index (κ3) is 4.75. The van der Waals surface area contributed by atoms with Crippen LogP contribution in [0.1, 0.15) is 35.4 Å². The van der Waals surface area contributed by atoms with E-state index in [2.05, 4.69) is 11.9 Å². The van der Waals surface area contributed by atoms with Crippen LogP contribution in [0, 0.1) is 0 Å². The molecule has 0 bridgehead atoms. The fraction of sp³-hybridized carbons (Fsp3) is 0.120. The van der Waals surface area contributed by atoms with Crippen molar-refractivity contribution in [3.8, 4) is 5.75 Å². The Morgan fingerprint density at radius 1 is 0.714 bits per heavy atom. The molecule has 0 saturated carbocycles. The Bertz CT molecular complexity index is 962. The molecule has 0 aliphatic heterocycles.